The number of halogens is 1. The van der Waals surface area contributed by atoms with Crippen molar-refractivity contribution in [2.45, 2.75) is 24.9 Å². The standard InChI is InChI=1S/C15H15ClN4O2/c16-9-1-2-11-10(5-9)14(22)18-12(17-11)6-20-7-13(21)19-15(8-20)3-4-15/h1-2,5H,3-4,6-8H2,(H,19,21)(H,17,18,22). The Bertz CT molecular complexity index is 828. The average Bonchev–Trinajstić information content (AvgIpc) is 3.17. The summed E-state index contributed by atoms with van der Waals surface area (Å²) in [6.07, 6.45) is 2.05. The molecule has 2 heterocycles. The first kappa shape index (κ1) is 13.7. The number of piperazine rings is 1. The summed E-state index contributed by atoms with van der Waals surface area (Å²) in [5, 5.41) is 4.03. The van der Waals surface area contributed by atoms with E-state index in [9.17, 15) is 9.59 Å². The average molecular weight is 319 g/mol. The smallest absolute Gasteiger partial charge is 0.258 e. The molecule has 7 heteroatoms. The van der Waals surface area contributed by atoms with E-state index in [2.05, 4.69) is 15.3 Å². The van der Waals surface area contributed by atoms with E-state index in [4.69, 9.17) is 11.6 Å². The second-order valence-corrected chi connectivity index (χ2v) is 6.58. The summed E-state index contributed by atoms with van der Waals surface area (Å²) in [4.78, 5) is 33.2. The number of hydrogen-bond acceptors (Lipinski definition) is 4. The molecule has 2 aliphatic rings. The molecule has 1 aliphatic heterocycles. The lowest BCUT2D eigenvalue weighted by atomic mass is 10.2. The molecule has 22 heavy (non-hydrogen) atoms. The maximum absolute atomic E-state index is 12.1. The molecule has 1 aromatic heterocycles. The van der Waals surface area contributed by atoms with Gasteiger partial charge in [0.25, 0.3) is 5.56 Å². The molecular formula is C15H15ClN4O2. The number of fused-ring (bicyclic) bond motifs is 1. The molecule has 6 nitrogen and oxygen atoms in total. The summed E-state index contributed by atoms with van der Waals surface area (Å²) in [7, 11) is 0. The largest absolute Gasteiger partial charge is 0.348 e. The maximum atomic E-state index is 12.1. The first-order valence-corrected chi connectivity index (χ1v) is 7.63. The van der Waals surface area contributed by atoms with Crippen molar-refractivity contribution in [3.8, 4) is 0 Å². The third kappa shape index (κ3) is 2.48. The molecule has 4 rings (SSSR count). The summed E-state index contributed by atoms with van der Waals surface area (Å²) in [6.45, 7) is 1.61. The van der Waals surface area contributed by atoms with Gasteiger partial charge in [0.05, 0.1) is 29.5 Å². The van der Waals surface area contributed by atoms with Gasteiger partial charge in [-0.05, 0) is 31.0 Å². The van der Waals surface area contributed by atoms with Crippen molar-refractivity contribution in [2.24, 2.45) is 0 Å². The van der Waals surface area contributed by atoms with Crippen molar-refractivity contribution in [1.82, 2.24) is 20.2 Å². The lowest BCUT2D eigenvalue weighted by Gasteiger charge is -2.32. The highest BCUT2D eigenvalue weighted by molar-refractivity contribution is 6.31. The summed E-state index contributed by atoms with van der Waals surface area (Å²) >= 11 is 5.91. The monoisotopic (exact) mass is 318 g/mol. The van der Waals surface area contributed by atoms with Crippen LogP contribution in [0.15, 0.2) is 23.0 Å². The fraction of sp³-hybridized carbons (Fsp3) is 0.400. The molecule has 2 aromatic rings. The van der Waals surface area contributed by atoms with E-state index in [0.29, 0.717) is 34.8 Å². The van der Waals surface area contributed by atoms with Gasteiger partial charge < -0.3 is 10.3 Å². The quantitative estimate of drug-likeness (QED) is 0.867. The summed E-state index contributed by atoms with van der Waals surface area (Å²) < 4.78 is 0. The molecule has 1 amide bonds. The van der Waals surface area contributed by atoms with E-state index >= 15 is 0 Å². The number of hydrogen-bond donors (Lipinski definition) is 2. The highest BCUT2D eigenvalue weighted by Gasteiger charge is 2.48. The van der Waals surface area contributed by atoms with Crippen molar-refractivity contribution in [3.05, 3.63) is 39.4 Å². The molecule has 1 saturated carbocycles. The molecule has 1 saturated heterocycles. The minimum atomic E-state index is -0.204. The van der Waals surface area contributed by atoms with Crippen LogP contribution in [0.4, 0.5) is 0 Å². The molecule has 1 spiro atoms. The molecule has 0 bridgehead atoms. The Kier molecular flexibility index (Phi) is 2.99. The second-order valence-electron chi connectivity index (χ2n) is 6.15. The van der Waals surface area contributed by atoms with Crippen LogP contribution in [0.2, 0.25) is 5.02 Å². The van der Waals surface area contributed by atoms with Crippen LogP contribution < -0.4 is 10.9 Å². The minimum Gasteiger partial charge on any atom is -0.348 e. The lowest BCUT2D eigenvalue weighted by Crippen LogP contribution is -2.55. The number of carbonyl (C=O) groups is 1. The van der Waals surface area contributed by atoms with E-state index in [0.717, 1.165) is 19.4 Å². The van der Waals surface area contributed by atoms with Gasteiger partial charge in [0.15, 0.2) is 0 Å². The molecule has 0 atom stereocenters. The van der Waals surface area contributed by atoms with Gasteiger partial charge in [0.1, 0.15) is 5.82 Å². The topological polar surface area (TPSA) is 78.1 Å². The van der Waals surface area contributed by atoms with Crippen molar-refractivity contribution in [3.63, 3.8) is 0 Å². The van der Waals surface area contributed by atoms with Gasteiger partial charge in [-0.3, -0.25) is 14.5 Å². The number of aromatic amines is 1. The van der Waals surface area contributed by atoms with E-state index < -0.39 is 0 Å². The Morgan fingerprint density at radius 2 is 2.14 bits per heavy atom. The number of amides is 1. The third-order valence-corrected chi connectivity index (χ3v) is 4.48. The predicted octanol–water partition coefficient (Wildman–Crippen LogP) is 1.04. The molecule has 1 aromatic carbocycles. The predicted molar refractivity (Wildman–Crippen MR) is 82.8 cm³/mol. The Labute approximate surface area is 131 Å². The van der Waals surface area contributed by atoms with Gasteiger partial charge in [0, 0.05) is 11.6 Å². The van der Waals surface area contributed by atoms with Gasteiger partial charge in [-0.15, -0.1) is 0 Å². The normalized spacial score (nSPS) is 20.3. The number of H-pyrrole nitrogens is 1. The molecule has 1 aliphatic carbocycles. The summed E-state index contributed by atoms with van der Waals surface area (Å²) in [6, 6.07) is 5.06. The molecule has 114 valence electrons. The van der Waals surface area contributed by atoms with Crippen molar-refractivity contribution >= 4 is 28.4 Å². The second kappa shape index (κ2) is 4.79. The number of benzene rings is 1. The minimum absolute atomic E-state index is 0.0404. The highest BCUT2D eigenvalue weighted by atomic mass is 35.5. The summed E-state index contributed by atoms with van der Waals surface area (Å²) in [5.74, 6) is 0.615. The van der Waals surface area contributed by atoms with Crippen LogP contribution in [-0.4, -0.2) is 39.4 Å². The SMILES string of the molecule is O=C1CN(Cc2nc3ccc(Cl)cc3c(=O)[nH]2)CC2(CC2)N1. The summed E-state index contributed by atoms with van der Waals surface area (Å²) in [5.41, 5.74) is 0.371. The van der Waals surface area contributed by atoms with Crippen molar-refractivity contribution in [1.29, 1.82) is 0 Å². The zero-order valence-corrected chi connectivity index (χ0v) is 12.6. The molecule has 2 N–H and O–H groups in total. The Morgan fingerprint density at radius 3 is 2.91 bits per heavy atom. The molecule has 2 fully saturated rings. The fourth-order valence-electron chi connectivity index (χ4n) is 3.05. The van der Waals surface area contributed by atoms with E-state index in [1.807, 2.05) is 4.90 Å². The van der Waals surface area contributed by atoms with Crippen LogP contribution in [0.3, 0.4) is 0 Å². The number of nitrogens with zero attached hydrogens (tertiary/aromatic N) is 2. The third-order valence-electron chi connectivity index (χ3n) is 4.24. The Hall–Kier alpha value is -1.92. The van der Waals surface area contributed by atoms with Gasteiger partial charge >= 0.3 is 0 Å². The highest BCUT2D eigenvalue weighted by Crippen LogP contribution is 2.37. The van der Waals surface area contributed by atoms with Crippen LogP contribution >= 0.6 is 11.6 Å². The van der Waals surface area contributed by atoms with E-state index in [1.165, 1.54) is 0 Å². The number of carbonyl (C=O) groups excluding carboxylic acids is 1. The van der Waals surface area contributed by atoms with Crippen LogP contribution in [0.1, 0.15) is 18.7 Å². The van der Waals surface area contributed by atoms with Gasteiger partial charge in [-0.1, -0.05) is 11.6 Å². The fourth-order valence-corrected chi connectivity index (χ4v) is 3.23. The zero-order chi connectivity index (χ0) is 15.3. The number of aromatic nitrogens is 2. The first-order valence-electron chi connectivity index (χ1n) is 7.25. The van der Waals surface area contributed by atoms with Gasteiger partial charge in [-0.25, -0.2) is 4.98 Å². The zero-order valence-electron chi connectivity index (χ0n) is 11.9. The maximum Gasteiger partial charge on any atom is 0.258 e. The molecule has 0 radical (unpaired) electrons. The lowest BCUT2D eigenvalue weighted by molar-refractivity contribution is -0.126. The van der Waals surface area contributed by atoms with Crippen LogP contribution in [0.5, 0.6) is 0 Å². The number of rotatable bonds is 2. The Balaban J connectivity index is 1.63. The van der Waals surface area contributed by atoms with E-state index in [-0.39, 0.29) is 17.0 Å². The number of nitrogens with one attached hydrogen (secondary N) is 2. The van der Waals surface area contributed by atoms with Crippen LogP contribution in [0.25, 0.3) is 10.9 Å². The van der Waals surface area contributed by atoms with Gasteiger partial charge in [0.2, 0.25) is 5.91 Å². The van der Waals surface area contributed by atoms with E-state index in [1.54, 1.807) is 18.2 Å². The van der Waals surface area contributed by atoms with Crippen LogP contribution in [-0.2, 0) is 11.3 Å². The van der Waals surface area contributed by atoms with Crippen molar-refractivity contribution in [2.75, 3.05) is 13.1 Å². The molecular weight excluding hydrogens is 304 g/mol. The Morgan fingerprint density at radius 1 is 1.32 bits per heavy atom. The first-order chi connectivity index (χ1) is 10.5. The van der Waals surface area contributed by atoms with Gasteiger partial charge in [-0.2, -0.15) is 0 Å². The molecule has 0 unspecified atom stereocenters. The van der Waals surface area contributed by atoms with Crippen molar-refractivity contribution < 1.29 is 4.79 Å². The van der Waals surface area contributed by atoms with Crippen LogP contribution in [0, 0.1) is 0 Å².